The summed E-state index contributed by atoms with van der Waals surface area (Å²) in [6, 6.07) is 22.5. The molecule has 2 heterocycles. The Morgan fingerprint density at radius 1 is 0.786 bits per heavy atom. The Labute approximate surface area is 160 Å². The van der Waals surface area contributed by atoms with Gasteiger partial charge in [0.25, 0.3) is 0 Å². The summed E-state index contributed by atoms with van der Waals surface area (Å²) in [6.45, 7) is 0. The molecule has 0 radical (unpaired) electrons. The van der Waals surface area contributed by atoms with Crippen LogP contribution in [0, 0.1) is 0 Å². The second-order valence-corrected chi connectivity index (χ2v) is 6.62. The van der Waals surface area contributed by atoms with E-state index in [9.17, 15) is 10.2 Å². The molecular weight excluding hydrogens is 352 g/mol. The van der Waals surface area contributed by atoms with Crippen molar-refractivity contribution in [2.24, 2.45) is 0 Å². The third-order valence-corrected chi connectivity index (χ3v) is 4.78. The van der Waals surface area contributed by atoms with Crippen molar-refractivity contribution in [2.45, 2.75) is 6.42 Å². The van der Waals surface area contributed by atoms with Crippen LogP contribution in [0.1, 0.15) is 11.3 Å². The minimum atomic E-state index is -0.0751. The van der Waals surface area contributed by atoms with Crippen molar-refractivity contribution in [1.82, 2.24) is 19.8 Å². The number of hydrogen-bond acceptors (Lipinski definition) is 5. The molecular formula is C22H16N4O2. The zero-order chi connectivity index (χ0) is 19.1. The molecule has 136 valence electrons. The van der Waals surface area contributed by atoms with E-state index in [-0.39, 0.29) is 11.5 Å². The van der Waals surface area contributed by atoms with Gasteiger partial charge in [-0.2, -0.15) is 9.61 Å². The molecule has 0 saturated carbocycles. The smallest absolute Gasteiger partial charge is 0.189 e. The quantitative estimate of drug-likeness (QED) is 0.504. The highest BCUT2D eigenvalue weighted by molar-refractivity contribution is 5.95. The summed E-state index contributed by atoms with van der Waals surface area (Å²) in [5.74, 6) is 0.333. The van der Waals surface area contributed by atoms with Crippen LogP contribution in [0.25, 0.3) is 27.8 Å². The zero-order valence-corrected chi connectivity index (χ0v) is 14.8. The largest absolute Gasteiger partial charge is 0.508 e. The predicted molar refractivity (Wildman–Crippen MR) is 106 cm³/mol. The van der Waals surface area contributed by atoms with Crippen molar-refractivity contribution in [3.63, 3.8) is 0 Å². The van der Waals surface area contributed by atoms with Crippen molar-refractivity contribution in [1.29, 1.82) is 0 Å². The number of nitrogens with zero attached hydrogens (tertiary/aromatic N) is 4. The molecule has 0 unspecified atom stereocenters. The molecule has 5 aromatic rings. The van der Waals surface area contributed by atoms with E-state index in [1.807, 2.05) is 42.5 Å². The van der Waals surface area contributed by atoms with Gasteiger partial charge in [-0.05, 0) is 17.7 Å². The van der Waals surface area contributed by atoms with Gasteiger partial charge in [0.15, 0.2) is 11.5 Å². The van der Waals surface area contributed by atoms with Gasteiger partial charge in [-0.15, -0.1) is 10.2 Å². The summed E-state index contributed by atoms with van der Waals surface area (Å²) in [7, 11) is 0. The van der Waals surface area contributed by atoms with E-state index in [0.29, 0.717) is 23.5 Å². The minimum absolute atomic E-state index is 0.0155. The van der Waals surface area contributed by atoms with E-state index in [4.69, 9.17) is 5.10 Å². The van der Waals surface area contributed by atoms with Gasteiger partial charge in [-0.3, -0.25) is 0 Å². The molecule has 0 spiro atoms. The standard InChI is InChI=1S/C22H16N4O2/c27-15-10-11-18(20(28)13-15)22-24-23-21-17-9-5-4-8-16(17)19(25-26(21)22)12-14-6-2-1-3-7-14/h1-11,13,27-28H,12H2. The number of phenols is 2. The Hall–Kier alpha value is -3.93. The summed E-state index contributed by atoms with van der Waals surface area (Å²) in [4.78, 5) is 0. The molecule has 2 N–H and O–H groups in total. The van der Waals surface area contributed by atoms with E-state index in [2.05, 4.69) is 22.3 Å². The highest BCUT2D eigenvalue weighted by Gasteiger charge is 2.17. The van der Waals surface area contributed by atoms with Crippen molar-refractivity contribution in [3.05, 3.63) is 84.1 Å². The highest BCUT2D eigenvalue weighted by Crippen LogP contribution is 2.32. The van der Waals surface area contributed by atoms with Crippen LogP contribution >= 0.6 is 0 Å². The van der Waals surface area contributed by atoms with Gasteiger partial charge in [0.1, 0.15) is 11.5 Å². The van der Waals surface area contributed by atoms with E-state index < -0.39 is 0 Å². The molecule has 28 heavy (non-hydrogen) atoms. The van der Waals surface area contributed by atoms with Crippen molar-refractivity contribution in [2.75, 3.05) is 0 Å². The Bertz CT molecular complexity index is 1310. The van der Waals surface area contributed by atoms with Crippen molar-refractivity contribution < 1.29 is 10.2 Å². The second kappa shape index (κ2) is 6.35. The van der Waals surface area contributed by atoms with E-state index >= 15 is 0 Å². The second-order valence-electron chi connectivity index (χ2n) is 6.62. The highest BCUT2D eigenvalue weighted by atomic mass is 16.3. The molecule has 2 aromatic heterocycles. The minimum Gasteiger partial charge on any atom is -0.508 e. The maximum atomic E-state index is 10.3. The maximum absolute atomic E-state index is 10.3. The molecule has 6 nitrogen and oxygen atoms in total. The maximum Gasteiger partial charge on any atom is 0.189 e. The molecule has 0 aliphatic heterocycles. The average molecular weight is 368 g/mol. The van der Waals surface area contributed by atoms with Crippen LogP contribution in [-0.4, -0.2) is 30.0 Å². The molecule has 0 atom stereocenters. The first kappa shape index (κ1) is 16.3. The molecule has 0 bridgehead atoms. The molecule has 0 fully saturated rings. The molecule has 0 saturated heterocycles. The zero-order valence-electron chi connectivity index (χ0n) is 14.8. The van der Waals surface area contributed by atoms with Crippen LogP contribution < -0.4 is 0 Å². The molecule has 5 rings (SSSR count). The van der Waals surface area contributed by atoms with Gasteiger partial charge < -0.3 is 10.2 Å². The van der Waals surface area contributed by atoms with Gasteiger partial charge in [-0.25, -0.2) is 0 Å². The monoisotopic (exact) mass is 368 g/mol. The van der Waals surface area contributed by atoms with Crippen LogP contribution in [0.3, 0.4) is 0 Å². The molecule has 0 aliphatic rings. The van der Waals surface area contributed by atoms with Crippen LogP contribution in [0.4, 0.5) is 0 Å². The molecule has 0 amide bonds. The topological polar surface area (TPSA) is 83.5 Å². The number of aromatic nitrogens is 4. The lowest BCUT2D eigenvalue weighted by atomic mass is 10.0. The third-order valence-electron chi connectivity index (χ3n) is 4.78. The molecule has 6 heteroatoms. The predicted octanol–water partition coefficient (Wildman–Crippen LogP) is 3.95. The van der Waals surface area contributed by atoms with Crippen LogP contribution in [0.5, 0.6) is 11.5 Å². The Balaban J connectivity index is 1.77. The fourth-order valence-electron chi connectivity index (χ4n) is 3.44. The number of phenolic OH excluding ortho intramolecular Hbond substituents is 2. The summed E-state index contributed by atoms with van der Waals surface area (Å²) in [6.07, 6.45) is 0.663. The molecule has 0 aliphatic carbocycles. The first-order valence-corrected chi connectivity index (χ1v) is 8.90. The lowest BCUT2D eigenvalue weighted by Crippen LogP contribution is -2.03. The summed E-state index contributed by atoms with van der Waals surface area (Å²) >= 11 is 0. The third kappa shape index (κ3) is 2.63. The Morgan fingerprint density at radius 3 is 2.32 bits per heavy atom. The number of aromatic hydroxyl groups is 2. The lowest BCUT2D eigenvalue weighted by Gasteiger charge is -2.09. The van der Waals surface area contributed by atoms with Crippen LogP contribution in [0.15, 0.2) is 72.8 Å². The SMILES string of the molecule is Oc1ccc(-c2nnc3c4ccccc4c(Cc4ccccc4)nn23)c(O)c1. The lowest BCUT2D eigenvalue weighted by molar-refractivity contribution is 0.451. The van der Waals surface area contributed by atoms with Crippen molar-refractivity contribution in [3.8, 4) is 22.9 Å². The normalized spacial score (nSPS) is 11.3. The first-order chi connectivity index (χ1) is 13.7. The average Bonchev–Trinajstić information content (AvgIpc) is 3.13. The first-order valence-electron chi connectivity index (χ1n) is 8.90. The fourth-order valence-corrected chi connectivity index (χ4v) is 3.44. The van der Waals surface area contributed by atoms with E-state index in [1.54, 1.807) is 10.6 Å². The number of benzene rings is 3. The Kier molecular flexibility index (Phi) is 3.69. The summed E-state index contributed by atoms with van der Waals surface area (Å²) < 4.78 is 1.66. The Morgan fingerprint density at radius 2 is 1.54 bits per heavy atom. The summed E-state index contributed by atoms with van der Waals surface area (Å²) in [5.41, 5.74) is 3.13. The number of fused-ring (bicyclic) bond motifs is 3. The van der Waals surface area contributed by atoms with Crippen LogP contribution in [0.2, 0.25) is 0 Å². The van der Waals surface area contributed by atoms with E-state index in [0.717, 1.165) is 22.0 Å². The van der Waals surface area contributed by atoms with Gasteiger partial charge in [0, 0.05) is 23.3 Å². The van der Waals surface area contributed by atoms with Gasteiger partial charge in [0.2, 0.25) is 0 Å². The number of hydrogen-bond donors (Lipinski definition) is 2. The van der Waals surface area contributed by atoms with Crippen molar-refractivity contribution >= 4 is 16.4 Å². The van der Waals surface area contributed by atoms with Gasteiger partial charge in [0.05, 0.1) is 11.3 Å². The van der Waals surface area contributed by atoms with Gasteiger partial charge >= 0.3 is 0 Å². The van der Waals surface area contributed by atoms with Gasteiger partial charge in [-0.1, -0.05) is 54.6 Å². The molecule has 3 aromatic carbocycles. The number of rotatable bonds is 3. The van der Waals surface area contributed by atoms with E-state index in [1.165, 1.54) is 12.1 Å². The van der Waals surface area contributed by atoms with Crippen LogP contribution in [-0.2, 0) is 6.42 Å². The summed E-state index contributed by atoms with van der Waals surface area (Å²) in [5, 5.41) is 35.2. The fraction of sp³-hybridized carbons (Fsp3) is 0.0455.